The molecule has 0 aliphatic carbocycles. The molecule has 0 atom stereocenters. The molecule has 30 heavy (non-hydrogen) atoms. The van der Waals surface area contributed by atoms with E-state index in [2.05, 4.69) is 0 Å². The summed E-state index contributed by atoms with van der Waals surface area (Å²) in [6.45, 7) is -0.613. The number of para-hydroxylation sites is 1. The molecular weight excluding hydrogens is 437 g/mol. The Hall–Kier alpha value is -3.22. The molecule has 162 valence electrons. The van der Waals surface area contributed by atoms with Crippen LogP contribution in [0, 0.1) is 11.6 Å². The monoisotopic (exact) mass is 451 g/mol. The highest BCUT2D eigenvalue weighted by atomic mass is 32.2. The Labute approximate surface area is 167 Å². The fraction of sp³-hybridized carbons (Fsp3) is 0.176. The van der Waals surface area contributed by atoms with Crippen molar-refractivity contribution in [2.45, 2.75) is 12.7 Å². The highest BCUT2D eigenvalue weighted by molar-refractivity contribution is 7.92. The van der Waals surface area contributed by atoms with Crippen LogP contribution in [0.3, 0.4) is 0 Å². The second-order valence-corrected chi connectivity index (χ2v) is 7.84. The quantitative estimate of drug-likeness (QED) is 0.539. The third-order valence-electron chi connectivity index (χ3n) is 3.70. The minimum atomic E-state index is -5.23. The summed E-state index contributed by atoms with van der Waals surface area (Å²) in [5, 5.41) is 0. The van der Waals surface area contributed by atoms with Gasteiger partial charge in [0.2, 0.25) is 10.0 Å². The second kappa shape index (κ2) is 8.65. The van der Waals surface area contributed by atoms with Crippen molar-refractivity contribution >= 4 is 27.5 Å². The molecule has 0 spiro atoms. The zero-order chi connectivity index (χ0) is 22.7. The zero-order valence-corrected chi connectivity index (χ0v) is 15.9. The number of hydrogen-bond acceptors (Lipinski definition) is 4. The molecule has 0 saturated heterocycles. The van der Waals surface area contributed by atoms with Gasteiger partial charge in [-0.25, -0.2) is 17.2 Å². The van der Waals surface area contributed by atoms with E-state index >= 15 is 0 Å². The second-order valence-electron chi connectivity index (χ2n) is 5.93. The molecule has 7 nitrogen and oxygen atoms in total. The molecule has 0 aliphatic rings. The molecule has 0 radical (unpaired) electrons. The maximum atomic E-state index is 14.4. The summed E-state index contributed by atoms with van der Waals surface area (Å²) in [7, 11) is -4.02. The van der Waals surface area contributed by atoms with Crippen LogP contribution in [0.15, 0.2) is 42.5 Å². The Morgan fingerprint density at radius 3 is 2.17 bits per heavy atom. The molecule has 2 aromatic carbocycles. The third-order valence-corrected chi connectivity index (χ3v) is 4.82. The number of nitrogens with zero attached hydrogens (tertiary/aromatic N) is 1. The first-order valence-electron chi connectivity index (χ1n) is 7.99. The largest absolute Gasteiger partial charge is 0.472 e. The summed E-state index contributed by atoms with van der Waals surface area (Å²) in [6.07, 6.45) is -4.44. The number of benzene rings is 2. The van der Waals surface area contributed by atoms with Gasteiger partial charge in [0.05, 0.1) is 18.5 Å². The van der Waals surface area contributed by atoms with Gasteiger partial charge in [-0.1, -0.05) is 18.2 Å². The summed E-state index contributed by atoms with van der Waals surface area (Å²) in [4.78, 5) is 22.5. The standard InChI is InChI=1S/C17H14F5N3O4S/c1-30(28,29)25(14-5-3-2-4-12(14)18)9-11-7-6-10(8-13(11)19)15(26)23-24-16(27)17(20,21)22/h2-8H,9H2,1H3,(H,23,26)(H,24,27). The van der Waals surface area contributed by atoms with E-state index in [1.54, 1.807) is 0 Å². The van der Waals surface area contributed by atoms with Gasteiger partial charge in [0.25, 0.3) is 5.91 Å². The van der Waals surface area contributed by atoms with Crippen LogP contribution in [-0.4, -0.2) is 32.7 Å². The van der Waals surface area contributed by atoms with Gasteiger partial charge in [0.1, 0.15) is 11.6 Å². The van der Waals surface area contributed by atoms with Crippen LogP contribution in [0.5, 0.6) is 0 Å². The van der Waals surface area contributed by atoms with Crippen LogP contribution in [0.2, 0.25) is 0 Å². The molecule has 2 amide bonds. The van der Waals surface area contributed by atoms with E-state index in [1.165, 1.54) is 23.6 Å². The van der Waals surface area contributed by atoms with Crippen molar-refractivity contribution in [3.05, 3.63) is 65.2 Å². The van der Waals surface area contributed by atoms with Crippen molar-refractivity contribution in [2.75, 3.05) is 10.6 Å². The molecule has 0 aromatic heterocycles. The topological polar surface area (TPSA) is 95.6 Å². The molecule has 0 unspecified atom stereocenters. The van der Waals surface area contributed by atoms with Crippen molar-refractivity contribution in [3.8, 4) is 0 Å². The lowest BCUT2D eigenvalue weighted by atomic mass is 10.1. The van der Waals surface area contributed by atoms with Crippen molar-refractivity contribution in [2.24, 2.45) is 0 Å². The zero-order valence-electron chi connectivity index (χ0n) is 15.1. The predicted molar refractivity (Wildman–Crippen MR) is 95.5 cm³/mol. The van der Waals surface area contributed by atoms with Crippen LogP contribution in [0.25, 0.3) is 0 Å². The van der Waals surface area contributed by atoms with Crippen LogP contribution in [0.1, 0.15) is 15.9 Å². The van der Waals surface area contributed by atoms with Crippen LogP contribution in [-0.2, 0) is 21.4 Å². The number of carbonyl (C=O) groups is 2. The highest BCUT2D eigenvalue weighted by Gasteiger charge is 2.39. The summed E-state index contributed by atoms with van der Waals surface area (Å²) >= 11 is 0. The highest BCUT2D eigenvalue weighted by Crippen LogP contribution is 2.25. The fourth-order valence-corrected chi connectivity index (χ4v) is 3.14. The predicted octanol–water partition coefficient (Wildman–Crippen LogP) is 2.25. The molecule has 0 fully saturated rings. The van der Waals surface area contributed by atoms with E-state index in [0.29, 0.717) is 10.4 Å². The van der Waals surface area contributed by atoms with Crippen molar-refractivity contribution in [1.82, 2.24) is 10.9 Å². The molecule has 0 heterocycles. The fourth-order valence-electron chi connectivity index (χ4n) is 2.26. The van der Waals surface area contributed by atoms with Crippen molar-refractivity contribution < 1.29 is 40.0 Å². The number of halogens is 5. The molecule has 2 N–H and O–H groups in total. The number of rotatable bonds is 5. The first kappa shape index (κ1) is 23.1. The molecule has 2 aromatic rings. The number of sulfonamides is 1. The van der Waals surface area contributed by atoms with Gasteiger partial charge < -0.3 is 0 Å². The number of hydrazine groups is 1. The van der Waals surface area contributed by atoms with Gasteiger partial charge in [-0.2, -0.15) is 13.2 Å². The summed E-state index contributed by atoms with van der Waals surface area (Å²) < 4.78 is 89.4. The van der Waals surface area contributed by atoms with Gasteiger partial charge in [-0.05, 0) is 24.3 Å². The summed E-state index contributed by atoms with van der Waals surface area (Å²) in [5.74, 6) is -5.61. The van der Waals surface area contributed by atoms with Crippen LogP contribution < -0.4 is 15.2 Å². The van der Waals surface area contributed by atoms with Gasteiger partial charge in [0, 0.05) is 11.1 Å². The van der Waals surface area contributed by atoms with E-state index in [-0.39, 0.29) is 11.3 Å². The lowest BCUT2D eigenvalue weighted by Gasteiger charge is -2.23. The Kier molecular flexibility index (Phi) is 6.65. The lowest BCUT2D eigenvalue weighted by Crippen LogP contribution is -2.47. The number of anilines is 1. The minimum absolute atomic E-state index is 0.237. The van der Waals surface area contributed by atoms with Crippen LogP contribution >= 0.6 is 0 Å². The van der Waals surface area contributed by atoms with E-state index in [0.717, 1.165) is 29.9 Å². The van der Waals surface area contributed by atoms with E-state index in [9.17, 15) is 40.0 Å². The average molecular weight is 451 g/mol. The number of carbonyl (C=O) groups excluding carboxylic acids is 2. The van der Waals surface area contributed by atoms with E-state index in [4.69, 9.17) is 0 Å². The normalized spacial score (nSPS) is 11.7. The van der Waals surface area contributed by atoms with E-state index < -0.39 is 51.8 Å². The molecule has 2 rings (SSSR count). The van der Waals surface area contributed by atoms with Crippen molar-refractivity contribution in [1.29, 1.82) is 0 Å². The average Bonchev–Trinajstić information content (AvgIpc) is 2.63. The Morgan fingerprint density at radius 2 is 1.63 bits per heavy atom. The van der Waals surface area contributed by atoms with Gasteiger partial charge in [-0.15, -0.1) is 0 Å². The van der Waals surface area contributed by atoms with Crippen LogP contribution in [0.4, 0.5) is 27.6 Å². The number of alkyl halides is 3. The van der Waals surface area contributed by atoms with Gasteiger partial charge in [0.15, 0.2) is 0 Å². The number of nitrogens with one attached hydrogen (secondary N) is 2. The molecule has 13 heteroatoms. The smallest absolute Gasteiger partial charge is 0.267 e. The molecule has 0 saturated carbocycles. The Bertz CT molecular complexity index is 1070. The number of hydrogen-bond donors (Lipinski definition) is 2. The molecular formula is C17H14F5N3O4S. The first-order valence-corrected chi connectivity index (χ1v) is 9.83. The summed E-state index contributed by atoms with van der Waals surface area (Å²) in [6, 6.07) is 7.56. The Morgan fingerprint density at radius 1 is 1.00 bits per heavy atom. The molecule has 0 aliphatic heterocycles. The molecule has 0 bridgehead atoms. The lowest BCUT2D eigenvalue weighted by molar-refractivity contribution is -0.174. The van der Waals surface area contributed by atoms with E-state index in [1.807, 2.05) is 0 Å². The van der Waals surface area contributed by atoms with Crippen molar-refractivity contribution in [3.63, 3.8) is 0 Å². The summed E-state index contributed by atoms with van der Waals surface area (Å²) in [5.41, 5.74) is 1.58. The van der Waals surface area contributed by atoms with Gasteiger partial charge >= 0.3 is 12.1 Å². The SMILES string of the molecule is CS(=O)(=O)N(Cc1ccc(C(=O)NNC(=O)C(F)(F)F)cc1F)c1ccccc1F. The third kappa shape index (κ3) is 5.65. The maximum absolute atomic E-state index is 14.4. The minimum Gasteiger partial charge on any atom is -0.267 e. The Balaban J connectivity index is 2.23. The van der Waals surface area contributed by atoms with Gasteiger partial charge in [-0.3, -0.25) is 24.7 Å². The number of amides is 2. The maximum Gasteiger partial charge on any atom is 0.472 e. The first-order chi connectivity index (χ1) is 13.8.